The number of benzene rings is 3. The summed E-state index contributed by atoms with van der Waals surface area (Å²) < 4.78 is 13.4. The third-order valence-corrected chi connectivity index (χ3v) is 4.28. The van der Waals surface area contributed by atoms with Crippen LogP contribution in [-0.2, 0) is 4.79 Å². The molecule has 0 aliphatic rings. The van der Waals surface area contributed by atoms with E-state index in [9.17, 15) is 19.3 Å². The number of rotatable bonds is 7. The number of nitrogens with one attached hydrogen (secondary N) is 1. The molecule has 3 aromatic rings. The molecule has 3 N–H and O–H groups in total. The molecule has 0 bridgehead atoms. The van der Waals surface area contributed by atoms with E-state index in [1.165, 1.54) is 6.07 Å². The zero-order valence-corrected chi connectivity index (χ0v) is 14.9. The van der Waals surface area contributed by atoms with E-state index in [0.717, 1.165) is 23.3 Å². The van der Waals surface area contributed by atoms with Crippen molar-refractivity contribution in [2.75, 3.05) is 11.9 Å². The summed E-state index contributed by atoms with van der Waals surface area (Å²) in [6, 6.07) is 22.8. The predicted molar refractivity (Wildman–Crippen MR) is 103 cm³/mol. The number of halogens is 1. The molecule has 7 heteroatoms. The number of nitrogens with zero attached hydrogens (tertiary/aromatic N) is 1. The van der Waals surface area contributed by atoms with Crippen LogP contribution < -0.4 is 10.6 Å². The molecule has 0 saturated carbocycles. The average molecular weight is 380 g/mol. The van der Waals surface area contributed by atoms with Crippen molar-refractivity contribution in [2.24, 2.45) is 0 Å². The Balaban J connectivity index is 1.71. The maximum Gasteiger partial charge on any atom is 0.306 e. The molecule has 0 aromatic heterocycles. The maximum atomic E-state index is 13.4. The van der Waals surface area contributed by atoms with Crippen LogP contribution >= 0.6 is 0 Å². The molecule has 0 radical (unpaired) electrons. The lowest BCUT2D eigenvalue weighted by Crippen LogP contribution is -2.87. The number of hydrogen-bond donors (Lipinski definition) is 2. The molecule has 0 heterocycles. The first-order valence-corrected chi connectivity index (χ1v) is 8.71. The molecule has 142 valence electrons. The van der Waals surface area contributed by atoms with Crippen LogP contribution in [0.15, 0.2) is 78.9 Å². The number of nitro groups is 1. The lowest BCUT2D eigenvalue weighted by molar-refractivity contribution is -0.676. The molecule has 6 nitrogen and oxygen atoms in total. The van der Waals surface area contributed by atoms with E-state index in [4.69, 9.17) is 0 Å². The molecule has 28 heavy (non-hydrogen) atoms. The Morgan fingerprint density at radius 1 is 1.00 bits per heavy atom. The molecule has 0 spiro atoms. The summed E-state index contributed by atoms with van der Waals surface area (Å²) in [4.78, 5) is 22.4. The minimum absolute atomic E-state index is 0.0734. The topological polar surface area (TPSA) is 88.8 Å². The van der Waals surface area contributed by atoms with Crippen LogP contribution in [0.2, 0.25) is 0 Å². The van der Waals surface area contributed by atoms with Gasteiger partial charge >= 0.3 is 5.69 Å². The van der Waals surface area contributed by atoms with E-state index in [2.05, 4.69) is 5.32 Å². The molecule has 0 aliphatic heterocycles. The van der Waals surface area contributed by atoms with Crippen LogP contribution in [0, 0.1) is 15.9 Å². The monoisotopic (exact) mass is 380 g/mol. The van der Waals surface area contributed by atoms with E-state index in [-0.39, 0.29) is 24.2 Å². The number of carbonyl (C=O) groups is 1. The van der Waals surface area contributed by atoms with Crippen molar-refractivity contribution >= 4 is 17.3 Å². The zero-order valence-electron chi connectivity index (χ0n) is 14.9. The van der Waals surface area contributed by atoms with Crippen molar-refractivity contribution in [3.05, 3.63) is 106 Å². The van der Waals surface area contributed by atoms with Crippen LogP contribution in [0.3, 0.4) is 0 Å². The van der Waals surface area contributed by atoms with Crippen LogP contribution in [0.4, 0.5) is 15.8 Å². The Morgan fingerprint density at radius 3 is 2.11 bits per heavy atom. The number of quaternary nitrogens is 1. The highest BCUT2D eigenvalue weighted by Gasteiger charge is 2.20. The Hall–Kier alpha value is -3.58. The first-order valence-electron chi connectivity index (χ1n) is 8.71. The lowest BCUT2D eigenvalue weighted by Gasteiger charge is -2.16. The van der Waals surface area contributed by atoms with Crippen molar-refractivity contribution in [3.63, 3.8) is 0 Å². The second-order valence-corrected chi connectivity index (χ2v) is 6.21. The van der Waals surface area contributed by atoms with Crippen molar-refractivity contribution in [3.8, 4) is 0 Å². The van der Waals surface area contributed by atoms with Crippen LogP contribution in [0.1, 0.15) is 17.2 Å². The van der Waals surface area contributed by atoms with E-state index in [1.54, 1.807) is 0 Å². The molecule has 0 fully saturated rings. The van der Waals surface area contributed by atoms with Gasteiger partial charge in [-0.3, -0.25) is 14.9 Å². The number of amides is 1. The molecule has 0 saturated heterocycles. The SMILES string of the molecule is O=C(C[NH2+]C(c1ccccc1)c1ccccc1)Nc1ccc(F)c([N+](=O)[O-])c1. The van der Waals surface area contributed by atoms with E-state index >= 15 is 0 Å². The summed E-state index contributed by atoms with van der Waals surface area (Å²) in [5.41, 5.74) is 1.62. The van der Waals surface area contributed by atoms with Gasteiger partial charge in [-0.15, -0.1) is 0 Å². The molecular weight excluding hydrogens is 361 g/mol. The second-order valence-electron chi connectivity index (χ2n) is 6.21. The predicted octanol–water partition coefficient (Wildman–Crippen LogP) is 3.03. The zero-order chi connectivity index (χ0) is 19.9. The number of carbonyl (C=O) groups excluding carboxylic acids is 1. The quantitative estimate of drug-likeness (QED) is 0.488. The summed E-state index contributed by atoms with van der Waals surface area (Å²) >= 11 is 0. The van der Waals surface area contributed by atoms with E-state index < -0.39 is 16.4 Å². The molecule has 3 aromatic carbocycles. The molecular formula is C21H19FN3O3+. The van der Waals surface area contributed by atoms with Gasteiger partial charge in [0.15, 0.2) is 6.54 Å². The van der Waals surface area contributed by atoms with Gasteiger partial charge < -0.3 is 10.6 Å². The van der Waals surface area contributed by atoms with E-state index in [0.29, 0.717) is 0 Å². The largest absolute Gasteiger partial charge is 0.328 e. The second kappa shape index (κ2) is 8.88. The molecule has 0 atom stereocenters. The number of anilines is 1. The summed E-state index contributed by atoms with van der Waals surface area (Å²) in [5, 5.41) is 15.3. The summed E-state index contributed by atoms with van der Waals surface area (Å²) in [6.45, 7) is 0.0969. The van der Waals surface area contributed by atoms with Gasteiger partial charge in [0.25, 0.3) is 5.91 Å². The number of nitro benzene ring substituents is 1. The van der Waals surface area contributed by atoms with Gasteiger partial charge in [0.1, 0.15) is 6.04 Å². The molecule has 1 amide bonds. The Bertz CT molecular complexity index is 926. The van der Waals surface area contributed by atoms with Gasteiger partial charge in [-0.1, -0.05) is 60.7 Å². The molecule has 0 aliphatic carbocycles. The fourth-order valence-electron chi connectivity index (χ4n) is 2.95. The first kappa shape index (κ1) is 19.2. The van der Waals surface area contributed by atoms with Gasteiger partial charge in [-0.2, -0.15) is 4.39 Å². The van der Waals surface area contributed by atoms with Crippen molar-refractivity contribution < 1.29 is 19.4 Å². The number of nitrogens with two attached hydrogens (primary N) is 1. The highest BCUT2D eigenvalue weighted by Crippen LogP contribution is 2.21. The Kier molecular flexibility index (Phi) is 6.08. The summed E-state index contributed by atoms with van der Waals surface area (Å²) in [6.07, 6.45) is 0. The summed E-state index contributed by atoms with van der Waals surface area (Å²) in [5.74, 6) is -1.28. The Labute approximate surface area is 161 Å². The molecule has 0 unspecified atom stereocenters. The Morgan fingerprint density at radius 2 is 1.57 bits per heavy atom. The maximum absolute atomic E-state index is 13.4. The third-order valence-electron chi connectivity index (χ3n) is 4.28. The van der Waals surface area contributed by atoms with Crippen molar-refractivity contribution in [1.82, 2.24) is 0 Å². The smallest absolute Gasteiger partial charge is 0.306 e. The fraction of sp³-hybridized carbons (Fsp3) is 0.0952. The van der Waals surface area contributed by atoms with Crippen LogP contribution in [-0.4, -0.2) is 17.4 Å². The standard InChI is InChI=1S/C21H18FN3O3/c22-18-12-11-17(13-19(18)25(27)28)24-20(26)14-23-21(15-7-3-1-4-8-15)16-9-5-2-6-10-16/h1-13,21,23H,14H2,(H,24,26)/p+1. The summed E-state index contributed by atoms with van der Waals surface area (Å²) in [7, 11) is 0. The van der Waals surface area contributed by atoms with Crippen LogP contribution in [0.25, 0.3) is 0 Å². The normalized spacial score (nSPS) is 10.6. The first-order chi connectivity index (χ1) is 13.5. The minimum atomic E-state index is -0.942. The van der Waals surface area contributed by atoms with Crippen molar-refractivity contribution in [1.29, 1.82) is 0 Å². The van der Waals surface area contributed by atoms with Gasteiger partial charge in [-0.25, -0.2) is 0 Å². The lowest BCUT2D eigenvalue weighted by atomic mass is 9.99. The third kappa shape index (κ3) is 4.77. The minimum Gasteiger partial charge on any atom is -0.328 e. The van der Waals surface area contributed by atoms with Gasteiger partial charge in [-0.05, 0) is 12.1 Å². The van der Waals surface area contributed by atoms with Crippen molar-refractivity contribution in [2.45, 2.75) is 6.04 Å². The highest BCUT2D eigenvalue weighted by molar-refractivity contribution is 5.91. The fourth-order valence-corrected chi connectivity index (χ4v) is 2.95. The van der Waals surface area contributed by atoms with E-state index in [1.807, 2.05) is 66.0 Å². The van der Waals surface area contributed by atoms with Gasteiger partial charge in [0.05, 0.1) is 4.92 Å². The molecule has 3 rings (SSSR count). The number of hydrogen-bond acceptors (Lipinski definition) is 3. The average Bonchev–Trinajstić information content (AvgIpc) is 2.71. The van der Waals surface area contributed by atoms with Gasteiger partial charge in [0.2, 0.25) is 5.82 Å². The van der Waals surface area contributed by atoms with Gasteiger partial charge in [0, 0.05) is 22.9 Å². The highest BCUT2D eigenvalue weighted by atomic mass is 19.1. The van der Waals surface area contributed by atoms with Crippen LogP contribution in [0.5, 0.6) is 0 Å².